The third-order valence-corrected chi connectivity index (χ3v) is 2.12. The molecule has 15 heavy (non-hydrogen) atoms. The van der Waals surface area contributed by atoms with Crippen molar-refractivity contribution in [2.75, 3.05) is 19.8 Å². The van der Waals surface area contributed by atoms with Crippen molar-refractivity contribution in [3.8, 4) is 5.75 Å². The Kier molecular flexibility index (Phi) is 5.15. The molecule has 3 heteroatoms. The van der Waals surface area contributed by atoms with E-state index in [9.17, 15) is 0 Å². The minimum absolute atomic E-state index is 0.0550. The van der Waals surface area contributed by atoms with Gasteiger partial charge in [0.25, 0.3) is 0 Å². The second-order valence-electron chi connectivity index (χ2n) is 3.27. The highest BCUT2D eigenvalue weighted by Crippen LogP contribution is 2.16. The Morgan fingerprint density at radius 2 is 1.80 bits per heavy atom. The molecule has 1 rings (SSSR count). The summed E-state index contributed by atoms with van der Waals surface area (Å²) in [4.78, 5) is 0. The lowest BCUT2D eigenvalue weighted by atomic mass is 10.1. The molecule has 84 valence electrons. The molecule has 3 nitrogen and oxygen atoms in total. The molecule has 0 saturated heterocycles. The van der Waals surface area contributed by atoms with Gasteiger partial charge in [0.2, 0.25) is 0 Å². The highest BCUT2D eigenvalue weighted by molar-refractivity contribution is 5.29. The van der Waals surface area contributed by atoms with Crippen molar-refractivity contribution in [2.45, 2.75) is 19.9 Å². The van der Waals surface area contributed by atoms with E-state index in [1.807, 2.05) is 38.1 Å². The van der Waals surface area contributed by atoms with Crippen molar-refractivity contribution < 1.29 is 9.47 Å². The molecule has 0 heterocycles. The monoisotopic (exact) mass is 209 g/mol. The lowest BCUT2D eigenvalue weighted by molar-refractivity contribution is 0.133. The SMILES string of the molecule is CCOCC(N)c1ccc(OCC)cc1. The Morgan fingerprint density at radius 1 is 1.13 bits per heavy atom. The normalized spacial score (nSPS) is 12.5. The van der Waals surface area contributed by atoms with Crippen molar-refractivity contribution in [1.29, 1.82) is 0 Å². The minimum Gasteiger partial charge on any atom is -0.494 e. The van der Waals surface area contributed by atoms with Crippen LogP contribution in [0.5, 0.6) is 5.75 Å². The lowest BCUT2D eigenvalue weighted by Gasteiger charge is -2.12. The van der Waals surface area contributed by atoms with Crippen LogP contribution >= 0.6 is 0 Å². The third-order valence-electron chi connectivity index (χ3n) is 2.12. The molecule has 1 aromatic rings. The van der Waals surface area contributed by atoms with Gasteiger partial charge in [-0.15, -0.1) is 0 Å². The van der Waals surface area contributed by atoms with Gasteiger partial charge in [0, 0.05) is 6.61 Å². The Labute approximate surface area is 91.2 Å². The van der Waals surface area contributed by atoms with Crippen LogP contribution in [0.1, 0.15) is 25.5 Å². The lowest BCUT2D eigenvalue weighted by Crippen LogP contribution is -2.16. The average Bonchev–Trinajstić information content (AvgIpc) is 2.27. The van der Waals surface area contributed by atoms with Gasteiger partial charge in [0.15, 0.2) is 0 Å². The van der Waals surface area contributed by atoms with Crippen molar-refractivity contribution in [3.05, 3.63) is 29.8 Å². The van der Waals surface area contributed by atoms with Gasteiger partial charge in [-0.2, -0.15) is 0 Å². The first-order valence-electron chi connectivity index (χ1n) is 5.34. The number of benzene rings is 1. The maximum atomic E-state index is 5.94. The Bertz CT molecular complexity index is 271. The van der Waals surface area contributed by atoms with Crippen LogP contribution in [-0.2, 0) is 4.74 Å². The highest BCUT2D eigenvalue weighted by atomic mass is 16.5. The second-order valence-corrected chi connectivity index (χ2v) is 3.27. The number of nitrogens with two attached hydrogens (primary N) is 1. The Hall–Kier alpha value is -1.06. The maximum Gasteiger partial charge on any atom is 0.119 e. The Balaban J connectivity index is 2.54. The standard InChI is InChI=1S/C12H19NO2/c1-3-14-9-12(13)10-5-7-11(8-6-10)15-4-2/h5-8,12H,3-4,9,13H2,1-2H3. The molecular formula is C12H19NO2. The van der Waals surface area contributed by atoms with E-state index in [0.717, 1.165) is 11.3 Å². The van der Waals surface area contributed by atoms with E-state index >= 15 is 0 Å². The fourth-order valence-corrected chi connectivity index (χ4v) is 1.32. The molecule has 1 atom stereocenters. The molecular weight excluding hydrogens is 190 g/mol. The Morgan fingerprint density at radius 3 is 2.33 bits per heavy atom. The molecule has 0 saturated carbocycles. The summed E-state index contributed by atoms with van der Waals surface area (Å²) in [7, 11) is 0. The van der Waals surface area contributed by atoms with Crippen LogP contribution in [0, 0.1) is 0 Å². The van der Waals surface area contributed by atoms with Crippen LogP contribution < -0.4 is 10.5 Å². The summed E-state index contributed by atoms with van der Waals surface area (Å²) in [5.41, 5.74) is 7.02. The summed E-state index contributed by atoms with van der Waals surface area (Å²) in [6, 6.07) is 7.78. The van der Waals surface area contributed by atoms with Crippen LogP contribution in [0.4, 0.5) is 0 Å². The van der Waals surface area contributed by atoms with Crippen LogP contribution in [0.2, 0.25) is 0 Å². The predicted octanol–water partition coefficient (Wildman–Crippen LogP) is 2.12. The van der Waals surface area contributed by atoms with Gasteiger partial charge in [-0.05, 0) is 31.5 Å². The summed E-state index contributed by atoms with van der Waals surface area (Å²) < 4.78 is 10.6. The summed E-state index contributed by atoms with van der Waals surface area (Å²) in [6.07, 6.45) is 0. The largest absolute Gasteiger partial charge is 0.494 e. The summed E-state index contributed by atoms with van der Waals surface area (Å²) in [5.74, 6) is 0.879. The van der Waals surface area contributed by atoms with E-state index in [0.29, 0.717) is 19.8 Å². The van der Waals surface area contributed by atoms with Crippen molar-refractivity contribution in [2.24, 2.45) is 5.73 Å². The molecule has 2 N–H and O–H groups in total. The fraction of sp³-hybridized carbons (Fsp3) is 0.500. The van der Waals surface area contributed by atoms with Crippen LogP contribution in [0.15, 0.2) is 24.3 Å². The van der Waals surface area contributed by atoms with E-state index in [2.05, 4.69) is 0 Å². The first-order chi connectivity index (χ1) is 7.27. The highest BCUT2D eigenvalue weighted by Gasteiger charge is 2.05. The van der Waals surface area contributed by atoms with Gasteiger partial charge >= 0.3 is 0 Å². The molecule has 0 spiro atoms. The average molecular weight is 209 g/mol. The molecule has 0 radical (unpaired) electrons. The molecule has 0 aliphatic rings. The predicted molar refractivity (Wildman–Crippen MR) is 61.0 cm³/mol. The minimum atomic E-state index is -0.0550. The van der Waals surface area contributed by atoms with Crippen LogP contribution in [0.3, 0.4) is 0 Å². The zero-order valence-corrected chi connectivity index (χ0v) is 9.40. The van der Waals surface area contributed by atoms with Gasteiger partial charge in [0.05, 0.1) is 19.3 Å². The quantitative estimate of drug-likeness (QED) is 0.780. The van der Waals surface area contributed by atoms with Gasteiger partial charge in [-0.3, -0.25) is 0 Å². The van der Waals surface area contributed by atoms with Crippen LogP contribution in [0.25, 0.3) is 0 Å². The van der Waals surface area contributed by atoms with Crippen LogP contribution in [-0.4, -0.2) is 19.8 Å². The molecule has 0 amide bonds. The molecule has 0 fully saturated rings. The van der Waals surface area contributed by atoms with E-state index in [1.54, 1.807) is 0 Å². The van der Waals surface area contributed by atoms with Crippen molar-refractivity contribution >= 4 is 0 Å². The smallest absolute Gasteiger partial charge is 0.119 e. The van der Waals surface area contributed by atoms with Gasteiger partial charge < -0.3 is 15.2 Å². The first-order valence-corrected chi connectivity index (χ1v) is 5.34. The topological polar surface area (TPSA) is 44.5 Å². The maximum absolute atomic E-state index is 5.94. The van der Waals surface area contributed by atoms with E-state index < -0.39 is 0 Å². The second kappa shape index (κ2) is 6.43. The van der Waals surface area contributed by atoms with Crippen molar-refractivity contribution in [1.82, 2.24) is 0 Å². The number of ether oxygens (including phenoxy) is 2. The van der Waals surface area contributed by atoms with Gasteiger partial charge in [-0.1, -0.05) is 12.1 Å². The summed E-state index contributed by atoms with van der Waals surface area (Å²) in [5, 5.41) is 0. The molecule has 1 unspecified atom stereocenters. The van der Waals surface area contributed by atoms with Gasteiger partial charge in [-0.25, -0.2) is 0 Å². The summed E-state index contributed by atoms with van der Waals surface area (Å²) >= 11 is 0. The fourth-order valence-electron chi connectivity index (χ4n) is 1.32. The third kappa shape index (κ3) is 3.90. The molecule has 1 aromatic carbocycles. The zero-order chi connectivity index (χ0) is 11.1. The zero-order valence-electron chi connectivity index (χ0n) is 9.40. The molecule has 0 bridgehead atoms. The van der Waals surface area contributed by atoms with E-state index in [-0.39, 0.29) is 6.04 Å². The van der Waals surface area contributed by atoms with E-state index in [4.69, 9.17) is 15.2 Å². The van der Waals surface area contributed by atoms with E-state index in [1.165, 1.54) is 0 Å². The summed E-state index contributed by atoms with van der Waals surface area (Å²) in [6.45, 7) is 5.87. The molecule has 0 aliphatic heterocycles. The molecule has 0 aromatic heterocycles. The number of hydrogen-bond donors (Lipinski definition) is 1. The number of rotatable bonds is 6. The van der Waals surface area contributed by atoms with Crippen molar-refractivity contribution in [3.63, 3.8) is 0 Å². The number of hydrogen-bond acceptors (Lipinski definition) is 3. The van der Waals surface area contributed by atoms with Gasteiger partial charge in [0.1, 0.15) is 5.75 Å². The molecule has 0 aliphatic carbocycles. The first kappa shape index (κ1) is 12.0.